The highest BCUT2D eigenvalue weighted by molar-refractivity contribution is 5.83. The average Bonchev–Trinajstić information content (AvgIpc) is 2.94. The van der Waals surface area contributed by atoms with E-state index >= 15 is 0 Å². The van der Waals surface area contributed by atoms with Gasteiger partial charge in [-0.15, -0.1) is 0 Å². The fourth-order valence-electron chi connectivity index (χ4n) is 2.46. The largest absolute Gasteiger partial charge is 0.491 e. The molecular formula is C16H16O4. The molecule has 1 aliphatic heterocycles. The van der Waals surface area contributed by atoms with Crippen molar-refractivity contribution in [3.63, 3.8) is 0 Å². The molecule has 2 atom stereocenters. The molecule has 104 valence electrons. The van der Waals surface area contributed by atoms with Crippen molar-refractivity contribution in [2.75, 3.05) is 6.61 Å². The van der Waals surface area contributed by atoms with Gasteiger partial charge in [0.15, 0.2) is 6.10 Å². The number of aliphatic carboxylic acids is 1. The average molecular weight is 272 g/mol. The Morgan fingerprint density at radius 1 is 1.20 bits per heavy atom. The van der Waals surface area contributed by atoms with Gasteiger partial charge in [0.05, 0.1) is 6.10 Å². The molecule has 0 aliphatic carbocycles. The molecule has 0 aromatic heterocycles. The van der Waals surface area contributed by atoms with Gasteiger partial charge < -0.3 is 14.6 Å². The maximum absolute atomic E-state index is 10.8. The monoisotopic (exact) mass is 272 g/mol. The molecule has 2 aromatic rings. The highest BCUT2D eigenvalue weighted by Gasteiger charge is 2.30. The Hall–Kier alpha value is -2.07. The zero-order valence-electron chi connectivity index (χ0n) is 11.0. The molecular weight excluding hydrogens is 256 g/mol. The van der Waals surface area contributed by atoms with Gasteiger partial charge in [0, 0.05) is 0 Å². The molecule has 1 N–H and O–H groups in total. The third-order valence-electron chi connectivity index (χ3n) is 3.54. The molecule has 20 heavy (non-hydrogen) atoms. The van der Waals surface area contributed by atoms with E-state index in [1.165, 1.54) is 5.39 Å². The molecule has 4 nitrogen and oxygen atoms in total. The van der Waals surface area contributed by atoms with Crippen LogP contribution in [0.25, 0.3) is 10.8 Å². The van der Waals surface area contributed by atoms with Crippen molar-refractivity contribution in [1.82, 2.24) is 0 Å². The van der Waals surface area contributed by atoms with Crippen molar-refractivity contribution >= 4 is 16.7 Å². The van der Waals surface area contributed by atoms with E-state index < -0.39 is 12.1 Å². The van der Waals surface area contributed by atoms with E-state index in [9.17, 15) is 4.79 Å². The minimum absolute atomic E-state index is 0.137. The molecule has 1 heterocycles. The van der Waals surface area contributed by atoms with Crippen LogP contribution in [0.4, 0.5) is 0 Å². The van der Waals surface area contributed by atoms with Crippen molar-refractivity contribution in [1.29, 1.82) is 0 Å². The summed E-state index contributed by atoms with van der Waals surface area (Å²) in [5.74, 6) is -0.107. The highest BCUT2D eigenvalue weighted by Crippen LogP contribution is 2.23. The Balaban J connectivity index is 1.61. The van der Waals surface area contributed by atoms with Crippen molar-refractivity contribution < 1.29 is 19.4 Å². The molecule has 2 aromatic carbocycles. The second-order valence-corrected chi connectivity index (χ2v) is 4.98. The zero-order valence-corrected chi connectivity index (χ0v) is 11.0. The lowest BCUT2D eigenvalue weighted by Crippen LogP contribution is -2.23. The molecule has 4 heteroatoms. The first-order chi connectivity index (χ1) is 9.72. The van der Waals surface area contributed by atoms with Crippen LogP contribution in [0.15, 0.2) is 42.5 Å². The van der Waals surface area contributed by atoms with Crippen LogP contribution in [0.5, 0.6) is 5.75 Å². The summed E-state index contributed by atoms with van der Waals surface area (Å²) in [7, 11) is 0. The SMILES string of the molecule is O=C(O)C1CCC(COc2ccc3ccccc3c2)O1. The number of benzene rings is 2. The van der Waals surface area contributed by atoms with Crippen LogP contribution in [-0.2, 0) is 9.53 Å². The maximum atomic E-state index is 10.8. The summed E-state index contributed by atoms with van der Waals surface area (Å²) in [5, 5.41) is 11.2. The number of carbonyl (C=O) groups is 1. The van der Waals surface area contributed by atoms with Crippen LogP contribution in [0.2, 0.25) is 0 Å². The van der Waals surface area contributed by atoms with Crippen LogP contribution in [0.3, 0.4) is 0 Å². The normalized spacial score (nSPS) is 22.0. The van der Waals surface area contributed by atoms with Crippen molar-refractivity contribution in [2.45, 2.75) is 25.0 Å². The van der Waals surface area contributed by atoms with Crippen molar-refractivity contribution in [2.24, 2.45) is 0 Å². The number of rotatable bonds is 4. The Morgan fingerprint density at radius 3 is 2.75 bits per heavy atom. The summed E-state index contributed by atoms with van der Waals surface area (Å²) in [5.41, 5.74) is 0. The van der Waals surface area contributed by atoms with Gasteiger partial charge >= 0.3 is 5.97 Å². The van der Waals surface area contributed by atoms with Crippen molar-refractivity contribution in [3.05, 3.63) is 42.5 Å². The molecule has 0 spiro atoms. The van der Waals surface area contributed by atoms with Gasteiger partial charge in [-0.25, -0.2) is 4.79 Å². The topological polar surface area (TPSA) is 55.8 Å². The van der Waals surface area contributed by atoms with Gasteiger partial charge in [-0.1, -0.05) is 30.3 Å². The Morgan fingerprint density at radius 2 is 2.00 bits per heavy atom. The minimum Gasteiger partial charge on any atom is -0.491 e. The predicted molar refractivity (Wildman–Crippen MR) is 75.0 cm³/mol. The van der Waals surface area contributed by atoms with Gasteiger partial charge in [-0.3, -0.25) is 0 Å². The third-order valence-corrected chi connectivity index (χ3v) is 3.54. The summed E-state index contributed by atoms with van der Waals surface area (Å²) in [4.78, 5) is 10.8. The highest BCUT2D eigenvalue weighted by atomic mass is 16.6. The van der Waals surface area contributed by atoms with E-state index in [-0.39, 0.29) is 6.10 Å². The summed E-state index contributed by atoms with van der Waals surface area (Å²) in [6.45, 7) is 0.391. The predicted octanol–water partition coefficient (Wildman–Crippen LogP) is 2.85. The van der Waals surface area contributed by atoms with Gasteiger partial charge in [0.25, 0.3) is 0 Å². The first-order valence-corrected chi connectivity index (χ1v) is 6.72. The fourth-order valence-corrected chi connectivity index (χ4v) is 2.46. The summed E-state index contributed by atoms with van der Waals surface area (Å²) in [6.07, 6.45) is 0.466. The van der Waals surface area contributed by atoms with Crippen molar-refractivity contribution in [3.8, 4) is 5.75 Å². The van der Waals surface area contributed by atoms with Gasteiger partial charge in [-0.05, 0) is 35.7 Å². The van der Waals surface area contributed by atoms with Gasteiger partial charge in [-0.2, -0.15) is 0 Å². The molecule has 3 rings (SSSR count). The fraction of sp³-hybridized carbons (Fsp3) is 0.312. The molecule has 1 aliphatic rings. The number of hydrogen-bond acceptors (Lipinski definition) is 3. The lowest BCUT2D eigenvalue weighted by Gasteiger charge is -2.13. The summed E-state index contributed by atoms with van der Waals surface area (Å²) in [6, 6.07) is 14.0. The minimum atomic E-state index is -0.891. The van der Waals surface area contributed by atoms with Gasteiger partial charge in [0.1, 0.15) is 12.4 Å². The number of ether oxygens (including phenoxy) is 2. The summed E-state index contributed by atoms with van der Waals surface area (Å²) < 4.78 is 11.1. The molecule has 0 saturated carbocycles. The van der Waals surface area contributed by atoms with E-state index in [1.54, 1.807) is 0 Å². The Bertz CT molecular complexity index is 623. The lowest BCUT2D eigenvalue weighted by molar-refractivity contribution is -0.149. The molecule has 0 radical (unpaired) electrons. The summed E-state index contributed by atoms with van der Waals surface area (Å²) >= 11 is 0. The zero-order chi connectivity index (χ0) is 13.9. The van der Waals surface area contributed by atoms with Gasteiger partial charge in [0.2, 0.25) is 0 Å². The maximum Gasteiger partial charge on any atom is 0.332 e. The first kappa shape index (κ1) is 12.9. The van der Waals surface area contributed by atoms with Crippen LogP contribution < -0.4 is 4.74 Å². The van der Waals surface area contributed by atoms with E-state index in [0.29, 0.717) is 13.0 Å². The molecule has 1 saturated heterocycles. The molecule has 2 unspecified atom stereocenters. The molecule has 0 amide bonds. The van der Waals surface area contributed by atoms with Crippen LogP contribution >= 0.6 is 0 Å². The molecule has 0 bridgehead atoms. The standard InChI is InChI=1S/C16H16O4/c17-16(18)15-8-7-14(20-15)10-19-13-6-5-11-3-1-2-4-12(11)9-13/h1-6,9,14-15H,7-8,10H2,(H,17,18). The van der Waals surface area contributed by atoms with Crippen LogP contribution in [0, 0.1) is 0 Å². The second kappa shape index (κ2) is 5.51. The lowest BCUT2D eigenvalue weighted by atomic mass is 10.1. The number of carboxylic acids is 1. The molecule has 1 fully saturated rings. The first-order valence-electron chi connectivity index (χ1n) is 6.72. The second-order valence-electron chi connectivity index (χ2n) is 4.98. The Labute approximate surface area is 116 Å². The third kappa shape index (κ3) is 2.75. The number of hydrogen-bond donors (Lipinski definition) is 1. The van der Waals surface area contributed by atoms with E-state index in [1.807, 2.05) is 36.4 Å². The Kier molecular flexibility index (Phi) is 3.56. The van der Waals surface area contributed by atoms with Crippen LogP contribution in [0.1, 0.15) is 12.8 Å². The quantitative estimate of drug-likeness (QED) is 0.929. The van der Waals surface area contributed by atoms with E-state index in [0.717, 1.165) is 17.6 Å². The number of fused-ring (bicyclic) bond motifs is 1. The smallest absolute Gasteiger partial charge is 0.332 e. The van der Waals surface area contributed by atoms with Crippen LogP contribution in [-0.4, -0.2) is 29.9 Å². The van der Waals surface area contributed by atoms with E-state index in [4.69, 9.17) is 14.6 Å². The van der Waals surface area contributed by atoms with E-state index in [2.05, 4.69) is 6.07 Å². The number of carboxylic acid groups (broad SMARTS) is 1.